The van der Waals surface area contributed by atoms with Crippen molar-refractivity contribution in [3.63, 3.8) is 0 Å². The number of fused-ring (bicyclic) bond motifs is 1. The van der Waals surface area contributed by atoms with E-state index < -0.39 is 0 Å². The van der Waals surface area contributed by atoms with Crippen LogP contribution in [0.4, 0.5) is 4.39 Å². The molecule has 3 heterocycles. The summed E-state index contributed by atoms with van der Waals surface area (Å²) < 4.78 is 15.1. The van der Waals surface area contributed by atoms with Crippen molar-refractivity contribution < 1.29 is 4.39 Å². The molecule has 0 aliphatic carbocycles. The molecular formula is C18H19FN4O. The summed E-state index contributed by atoms with van der Waals surface area (Å²) in [6.07, 6.45) is 2.95. The summed E-state index contributed by atoms with van der Waals surface area (Å²) in [6, 6.07) is 6.66. The smallest absolute Gasteiger partial charge is 0.301 e. The highest BCUT2D eigenvalue weighted by Crippen LogP contribution is 2.25. The minimum Gasteiger partial charge on any atom is -0.301 e. The molecule has 6 heteroatoms. The highest BCUT2D eigenvalue weighted by atomic mass is 19.1. The van der Waals surface area contributed by atoms with Gasteiger partial charge < -0.3 is 4.90 Å². The molecule has 4 rings (SSSR count). The molecule has 124 valence electrons. The van der Waals surface area contributed by atoms with E-state index in [-0.39, 0.29) is 11.5 Å². The van der Waals surface area contributed by atoms with Crippen molar-refractivity contribution in [3.05, 3.63) is 52.3 Å². The van der Waals surface area contributed by atoms with Crippen molar-refractivity contribution in [2.75, 3.05) is 19.6 Å². The summed E-state index contributed by atoms with van der Waals surface area (Å²) >= 11 is 0. The molecule has 5 nitrogen and oxygen atoms in total. The lowest BCUT2D eigenvalue weighted by atomic mass is 10.0. The lowest BCUT2D eigenvalue weighted by molar-refractivity contribution is 0.175. The lowest BCUT2D eigenvalue weighted by Gasteiger charge is -2.30. The van der Waals surface area contributed by atoms with Crippen molar-refractivity contribution in [2.24, 2.45) is 0 Å². The molecule has 0 bridgehead atoms. The molecule has 0 saturated carbocycles. The van der Waals surface area contributed by atoms with E-state index in [1.165, 1.54) is 18.6 Å². The molecule has 0 spiro atoms. The van der Waals surface area contributed by atoms with Gasteiger partial charge in [0.15, 0.2) is 5.65 Å². The number of benzene rings is 1. The van der Waals surface area contributed by atoms with Crippen LogP contribution in [-0.4, -0.2) is 39.1 Å². The van der Waals surface area contributed by atoms with Gasteiger partial charge in [0.1, 0.15) is 5.82 Å². The third-order valence-electron chi connectivity index (χ3n) is 4.72. The van der Waals surface area contributed by atoms with Crippen molar-refractivity contribution >= 4 is 11.2 Å². The normalized spacial score (nSPS) is 14.9. The number of pyridine rings is 1. The van der Waals surface area contributed by atoms with Gasteiger partial charge in [0.05, 0.1) is 5.52 Å². The highest BCUT2D eigenvalue weighted by molar-refractivity contribution is 5.79. The molecule has 1 aromatic carbocycles. The van der Waals surface area contributed by atoms with Crippen LogP contribution in [0.1, 0.15) is 12.0 Å². The van der Waals surface area contributed by atoms with E-state index in [1.54, 1.807) is 16.8 Å². The quantitative estimate of drug-likeness (QED) is 0.802. The zero-order valence-electron chi connectivity index (χ0n) is 13.6. The van der Waals surface area contributed by atoms with E-state index in [1.807, 2.05) is 13.0 Å². The van der Waals surface area contributed by atoms with E-state index in [0.29, 0.717) is 12.2 Å². The first kappa shape index (κ1) is 15.1. The monoisotopic (exact) mass is 326 g/mol. The molecule has 1 saturated heterocycles. The fourth-order valence-electron chi connectivity index (χ4n) is 3.20. The molecule has 1 aliphatic heterocycles. The topological polar surface area (TPSA) is 53.9 Å². The first-order valence-electron chi connectivity index (χ1n) is 8.19. The number of likely N-dealkylation sites (tertiary alicyclic amines) is 1. The zero-order chi connectivity index (χ0) is 16.7. The predicted molar refractivity (Wildman–Crippen MR) is 91.5 cm³/mol. The first-order chi connectivity index (χ1) is 11.6. The number of aromatic amines is 1. The summed E-state index contributed by atoms with van der Waals surface area (Å²) in [6.45, 7) is 5.60. The summed E-state index contributed by atoms with van der Waals surface area (Å²) in [5, 5.41) is 0. The van der Waals surface area contributed by atoms with Gasteiger partial charge >= 0.3 is 5.69 Å². The molecule has 1 fully saturated rings. The van der Waals surface area contributed by atoms with Crippen molar-refractivity contribution in [1.29, 1.82) is 0 Å². The standard InChI is InChI=1S/C18H19FN4O/c1-12-9-14(19)3-4-15(12)13-10-16-17(20-11-13)21-18(24)23(16)8-7-22-5-2-6-22/h3-4,9-11H,2,5-8H2,1H3,(H,20,21,24). The van der Waals surface area contributed by atoms with E-state index in [0.717, 1.165) is 41.8 Å². The Labute approximate surface area is 138 Å². The maximum atomic E-state index is 13.3. The second kappa shape index (κ2) is 5.87. The van der Waals surface area contributed by atoms with Crippen LogP contribution < -0.4 is 5.69 Å². The number of hydrogen-bond donors (Lipinski definition) is 1. The van der Waals surface area contributed by atoms with Crippen LogP contribution >= 0.6 is 0 Å². The van der Waals surface area contributed by atoms with Gasteiger partial charge in [0, 0.05) is 24.8 Å². The maximum Gasteiger partial charge on any atom is 0.327 e. The van der Waals surface area contributed by atoms with Crippen LogP contribution in [0.5, 0.6) is 0 Å². The van der Waals surface area contributed by atoms with E-state index >= 15 is 0 Å². The number of hydrogen-bond acceptors (Lipinski definition) is 3. The second-order valence-electron chi connectivity index (χ2n) is 6.33. The minimum atomic E-state index is -0.251. The first-order valence-corrected chi connectivity index (χ1v) is 8.19. The van der Waals surface area contributed by atoms with Crippen molar-refractivity contribution in [3.8, 4) is 11.1 Å². The Balaban J connectivity index is 1.74. The number of nitrogens with one attached hydrogen (secondary N) is 1. The summed E-state index contributed by atoms with van der Waals surface area (Å²) in [5.41, 5.74) is 3.91. The Kier molecular flexibility index (Phi) is 3.69. The van der Waals surface area contributed by atoms with Gasteiger partial charge in [-0.3, -0.25) is 9.55 Å². The Morgan fingerprint density at radius 1 is 1.25 bits per heavy atom. The summed E-state index contributed by atoms with van der Waals surface area (Å²) in [4.78, 5) is 21.7. The number of halogens is 1. The van der Waals surface area contributed by atoms with Crippen molar-refractivity contribution in [1.82, 2.24) is 19.4 Å². The van der Waals surface area contributed by atoms with Crippen LogP contribution in [0, 0.1) is 12.7 Å². The van der Waals surface area contributed by atoms with Gasteiger partial charge in [0.25, 0.3) is 0 Å². The van der Waals surface area contributed by atoms with Crippen LogP contribution in [0.25, 0.3) is 22.3 Å². The average Bonchev–Trinajstić information content (AvgIpc) is 2.81. The van der Waals surface area contributed by atoms with E-state index in [4.69, 9.17) is 0 Å². The minimum absolute atomic E-state index is 0.133. The third-order valence-corrected chi connectivity index (χ3v) is 4.72. The van der Waals surface area contributed by atoms with E-state index in [2.05, 4.69) is 14.9 Å². The van der Waals surface area contributed by atoms with Gasteiger partial charge in [-0.1, -0.05) is 6.07 Å². The second-order valence-corrected chi connectivity index (χ2v) is 6.33. The molecule has 1 aliphatic rings. The number of nitrogens with zero attached hydrogens (tertiary/aromatic N) is 3. The van der Waals surface area contributed by atoms with Crippen LogP contribution in [-0.2, 0) is 6.54 Å². The average molecular weight is 326 g/mol. The van der Waals surface area contributed by atoms with Gasteiger partial charge in [-0.25, -0.2) is 14.2 Å². The fraction of sp³-hybridized carbons (Fsp3) is 0.333. The lowest BCUT2D eigenvalue weighted by Crippen LogP contribution is -2.40. The van der Waals surface area contributed by atoms with Gasteiger partial charge in [0.2, 0.25) is 0 Å². The third kappa shape index (κ3) is 2.63. The number of rotatable bonds is 4. The Hall–Kier alpha value is -2.47. The summed E-state index contributed by atoms with van der Waals surface area (Å²) in [5.74, 6) is -0.251. The zero-order valence-corrected chi connectivity index (χ0v) is 13.6. The largest absolute Gasteiger partial charge is 0.327 e. The van der Waals surface area contributed by atoms with Crippen LogP contribution in [0.2, 0.25) is 0 Å². The predicted octanol–water partition coefficient (Wildman–Crippen LogP) is 2.54. The van der Waals surface area contributed by atoms with E-state index in [9.17, 15) is 9.18 Å². The van der Waals surface area contributed by atoms with Crippen LogP contribution in [0.3, 0.4) is 0 Å². The Morgan fingerprint density at radius 3 is 2.79 bits per heavy atom. The van der Waals surface area contributed by atoms with Gasteiger partial charge in [-0.05, 0) is 55.8 Å². The SMILES string of the molecule is Cc1cc(F)ccc1-c1cnc2[nH]c(=O)n(CCN3CCC3)c2c1. The maximum absolute atomic E-state index is 13.3. The van der Waals surface area contributed by atoms with Crippen LogP contribution in [0.15, 0.2) is 35.3 Å². The fourth-order valence-corrected chi connectivity index (χ4v) is 3.20. The molecule has 24 heavy (non-hydrogen) atoms. The molecule has 1 N–H and O–H groups in total. The molecule has 0 unspecified atom stereocenters. The molecule has 0 radical (unpaired) electrons. The Morgan fingerprint density at radius 2 is 2.08 bits per heavy atom. The number of aryl methyl sites for hydroxylation is 1. The molecule has 2 aromatic heterocycles. The molecule has 0 amide bonds. The van der Waals surface area contributed by atoms with Gasteiger partial charge in [-0.15, -0.1) is 0 Å². The van der Waals surface area contributed by atoms with Gasteiger partial charge in [-0.2, -0.15) is 0 Å². The molecule has 0 atom stereocenters. The molecule has 3 aromatic rings. The Bertz CT molecular complexity index is 955. The van der Waals surface area contributed by atoms with Crippen molar-refractivity contribution in [2.45, 2.75) is 19.9 Å². The summed E-state index contributed by atoms with van der Waals surface area (Å²) in [7, 11) is 0. The number of aromatic nitrogens is 3. The number of H-pyrrole nitrogens is 1. The highest BCUT2D eigenvalue weighted by Gasteiger charge is 2.15. The molecular weight excluding hydrogens is 307 g/mol. The number of imidazole rings is 1.